The standard InChI is InChI=1S/C16H19NO2/c1-2-17-11-14-4-3-5-16(10-14)19-15-8-6-13(12-18)7-9-15/h3-10,17-18H,2,11-12H2,1H3. The molecule has 3 nitrogen and oxygen atoms in total. The fraction of sp³-hybridized carbons (Fsp3) is 0.250. The van der Waals surface area contributed by atoms with Crippen LogP contribution in [-0.4, -0.2) is 11.7 Å². The second-order valence-corrected chi connectivity index (χ2v) is 4.33. The van der Waals surface area contributed by atoms with Gasteiger partial charge in [0.2, 0.25) is 0 Å². The predicted octanol–water partition coefficient (Wildman–Crippen LogP) is 3.08. The second-order valence-electron chi connectivity index (χ2n) is 4.33. The number of aliphatic hydroxyl groups is 1. The Labute approximate surface area is 113 Å². The number of ether oxygens (including phenoxy) is 1. The summed E-state index contributed by atoms with van der Waals surface area (Å²) in [6, 6.07) is 15.5. The highest BCUT2D eigenvalue weighted by atomic mass is 16.5. The van der Waals surface area contributed by atoms with Crippen molar-refractivity contribution in [2.75, 3.05) is 6.54 Å². The zero-order chi connectivity index (χ0) is 13.5. The maximum atomic E-state index is 8.99. The van der Waals surface area contributed by atoms with Crippen molar-refractivity contribution < 1.29 is 9.84 Å². The van der Waals surface area contributed by atoms with Crippen LogP contribution in [0.4, 0.5) is 0 Å². The zero-order valence-electron chi connectivity index (χ0n) is 11.1. The van der Waals surface area contributed by atoms with Gasteiger partial charge in [-0.25, -0.2) is 0 Å². The third-order valence-electron chi connectivity index (χ3n) is 2.82. The van der Waals surface area contributed by atoms with Crippen LogP contribution >= 0.6 is 0 Å². The summed E-state index contributed by atoms with van der Waals surface area (Å²) in [5.74, 6) is 1.60. The van der Waals surface area contributed by atoms with E-state index in [9.17, 15) is 0 Å². The van der Waals surface area contributed by atoms with Gasteiger partial charge in [0.05, 0.1) is 6.61 Å². The molecule has 2 aromatic carbocycles. The molecule has 0 fully saturated rings. The molecule has 2 N–H and O–H groups in total. The molecule has 0 aromatic heterocycles. The summed E-state index contributed by atoms with van der Waals surface area (Å²) in [5, 5.41) is 12.3. The molecule has 0 spiro atoms. The lowest BCUT2D eigenvalue weighted by atomic mass is 10.2. The van der Waals surface area contributed by atoms with E-state index in [0.29, 0.717) is 0 Å². The minimum atomic E-state index is 0.0540. The highest BCUT2D eigenvalue weighted by Crippen LogP contribution is 2.22. The van der Waals surface area contributed by atoms with E-state index >= 15 is 0 Å². The molecule has 2 rings (SSSR count). The number of hydrogen-bond acceptors (Lipinski definition) is 3. The van der Waals surface area contributed by atoms with E-state index in [1.54, 1.807) is 0 Å². The van der Waals surface area contributed by atoms with Gasteiger partial charge in [-0.2, -0.15) is 0 Å². The first-order valence-electron chi connectivity index (χ1n) is 6.49. The minimum Gasteiger partial charge on any atom is -0.457 e. The summed E-state index contributed by atoms with van der Waals surface area (Å²) < 4.78 is 5.79. The highest BCUT2D eigenvalue weighted by molar-refractivity contribution is 5.35. The van der Waals surface area contributed by atoms with Gasteiger partial charge < -0.3 is 15.2 Å². The quantitative estimate of drug-likeness (QED) is 0.835. The lowest BCUT2D eigenvalue weighted by molar-refractivity contribution is 0.281. The van der Waals surface area contributed by atoms with Gasteiger partial charge >= 0.3 is 0 Å². The van der Waals surface area contributed by atoms with Crippen LogP contribution in [0.3, 0.4) is 0 Å². The number of benzene rings is 2. The van der Waals surface area contributed by atoms with Gasteiger partial charge in [-0.05, 0) is 41.9 Å². The SMILES string of the molecule is CCNCc1cccc(Oc2ccc(CO)cc2)c1. The number of rotatable bonds is 6. The van der Waals surface area contributed by atoms with Crippen molar-refractivity contribution >= 4 is 0 Å². The van der Waals surface area contributed by atoms with E-state index in [0.717, 1.165) is 30.2 Å². The molecule has 3 heteroatoms. The molecule has 0 amide bonds. The molecule has 100 valence electrons. The predicted molar refractivity (Wildman–Crippen MR) is 76.3 cm³/mol. The van der Waals surface area contributed by atoms with Crippen LogP contribution in [0.1, 0.15) is 18.1 Å². The Morgan fingerprint density at radius 3 is 2.47 bits per heavy atom. The Morgan fingerprint density at radius 2 is 1.79 bits per heavy atom. The van der Waals surface area contributed by atoms with Crippen molar-refractivity contribution in [3.8, 4) is 11.5 Å². The molecule has 0 saturated heterocycles. The van der Waals surface area contributed by atoms with Crippen LogP contribution < -0.4 is 10.1 Å². The van der Waals surface area contributed by atoms with Crippen molar-refractivity contribution in [2.24, 2.45) is 0 Å². The Balaban J connectivity index is 2.05. The molecule has 19 heavy (non-hydrogen) atoms. The molecule has 0 unspecified atom stereocenters. The van der Waals surface area contributed by atoms with Gasteiger partial charge in [0, 0.05) is 6.54 Å². The molecular weight excluding hydrogens is 238 g/mol. The summed E-state index contributed by atoms with van der Waals surface area (Å²) in [7, 11) is 0. The number of aliphatic hydroxyl groups excluding tert-OH is 1. The fourth-order valence-corrected chi connectivity index (χ4v) is 1.79. The van der Waals surface area contributed by atoms with Gasteiger partial charge in [-0.15, -0.1) is 0 Å². The molecular formula is C16H19NO2. The molecule has 0 saturated carbocycles. The van der Waals surface area contributed by atoms with Crippen LogP contribution in [0.2, 0.25) is 0 Å². The normalized spacial score (nSPS) is 10.4. The Bertz CT molecular complexity index is 508. The summed E-state index contributed by atoms with van der Waals surface area (Å²) >= 11 is 0. The largest absolute Gasteiger partial charge is 0.457 e. The van der Waals surface area contributed by atoms with Gasteiger partial charge in [0.25, 0.3) is 0 Å². The van der Waals surface area contributed by atoms with E-state index in [2.05, 4.69) is 18.3 Å². The van der Waals surface area contributed by atoms with Gasteiger partial charge in [-0.1, -0.05) is 31.2 Å². The van der Waals surface area contributed by atoms with Crippen LogP contribution in [0.15, 0.2) is 48.5 Å². The zero-order valence-corrected chi connectivity index (χ0v) is 11.1. The van der Waals surface area contributed by atoms with Crippen molar-refractivity contribution in [2.45, 2.75) is 20.1 Å². The molecule has 0 aliphatic carbocycles. The fourth-order valence-electron chi connectivity index (χ4n) is 1.79. The molecule has 0 bridgehead atoms. The summed E-state index contributed by atoms with van der Waals surface area (Å²) in [5.41, 5.74) is 2.08. The topological polar surface area (TPSA) is 41.5 Å². The maximum Gasteiger partial charge on any atom is 0.127 e. The van der Waals surface area contributed by atoms with Crippen molar-refractivity contribution in [3.05, 3.63) is 59.7 Å². The molecule has 0 aliphatic rings. The van der Waals surface area contributed by atoms with E-state index < -0.39 is 0 Å². The second kappa shape index (κ2) is 6.92. The number of nitrogens with one attached hydrogen (secondary N) is 1. The third-order valence-corrected chi connectivity index (χ3v) is 2.82. The van der Waals surface area contributed by atoms with Crippen LogP contribution in [0.5, 0.6) is 11.5 Å². The van der Waals surface area contributed by atoms with Crippen LogP contribution in [0.25, 0.3) is 0 Å². The van der Waals surface area contributed by atoms with Crippen LogP contribution in [-0.2, 0) is 13.2 Å². The first-order chi connectivity index (χ1) is 9.31. The maximum absolute atomic E-state index is 8.99. The first-order valence-corrected chi connectivity index (χ1v) is 6.49. The monoisotopic (exact) mass is 257 g/mol. The molecule has 0 heterocycles. The molecule has 2 aromatic rings. The Morgan fingerprint density at radius 1 is 1.00 bits per heavy atom. The lowest BCUT2D eigenvalue weighted by Gasteiger charge is -2.08. The van der Waals surface area contributed by atoms with Crippen LogP contribution in [0, 0.1) is 0 Å². The number of hydrogen-bond donors (Lipinski definition) is 2. The van der Waals surface area contributed by atoms with Gasteiger partial charge in [0.15, 0.2) is 0 Å². The highest BCUT2D eigenvalue weighted by Gasteiger charge is 1.99. The molecule has 0 radical (unpaired) electrons. The molecule has 0 aliphatic heterocycles. The average Bonchev–Trinajstić information content (AvgIpc) is 2.46. The van der Waals surface area contributed by atoms with E-state index in [-0.39, 0.29) is 6.61 Å². The van der Waals surface area contributed by atoms with Crippen molar-refractivity contribution in [1.29, 1.82) is 0 Å². The summed E-state index contributed by atoms with van der Waals surface area (Å²) in [4.78, 5) is 0. The summed E-state index contributed by atoms with van der Waals surface area (Å²) in [6.07, 6.45) is 0. The summed E-state index contributed by atoms with van der Waals surface area (Å²) in [6.45, 7) is 3.94. The Kier molecular flexibility index (Phi) is 4.95. The first kappa shape index (κ1) is 13.6. The van der Waals surface area contributed by atoms with E-state index in [1.165, 1.54) is 5.56 Å². The van der Waals surface area contributed by atoms with Crippen molar-refractivity contribution in [1.82, 2.24) is 5.32 Å². The average molecular weight is 257 g/mol. The Hall–Kier alpha value is -1.84. The third kappa shape index (κ3) is 4.09. The lowest BCUT2D eigenvalue weighted by Crippen LogP contribution is -2.11. The molecule has 0 atom stereocenters. The van der Waals surface area contributed by atoms with E-state index in [4.69, 9.17) is 9.84 Å². The van der Waals surface area contributed by atoms with E-state index in [1.807, 2.05) is 42.5 Å². The van der Waals surface area contributed by atoms with Gasteiger partial charge in [-0.3, -0.25) is 0 Å². The smallest absolute Gasteiger partial charge is 0.127 e. The van der Waals surface area contributed by atoms with Crippen molar-refractivity contribution in [3.63, 3.8) is 0 Å². The minimum absolute atomic E-state index is 0.0540. The van der Waals surface area contributed by atoms with Gasteiger partial charge in [0.1, 0.15) is 11.5 Å².